The van der Waals surface area contributed by atoms with Crippen molar-refractivity contribution in [2.45, 2.75) is 18.7 Å². The predicted octanol–water partition coefficient (Wildman–Crippen LogP) is 2.09. The van der Waals surface area contributed by atoms with Crippen LogP contribution in [0.15, 0.2) is 68.1 Å². The van der Waals surface area contributed by atoms with Crippen LogP contribution in [0.2, 0.25) is 0 Å². The van der Waals surface area contributed by atoms with Crippen LogP contribution in [-0.2, 0) is 6.61 Å². The summed E-state index contributed by atoms with van der Waals surface area (Å²) in [5.74, 6) is 2.44. The summed E-state index contributed by atoms with van der Waals surface area (Å²) in [6.45, 7) is 2.17. The van der Waals surface area contributed by atoms with E-state index in [0.29, 0.717) is 39.6 Å². The van der Waals surface area contributed by atoms with Crippen LogP contribution in [0.3, 0.4) is 0 Å². The maximum absolute atomic E-state index is 12.5. The molecule has 1 N–H and O–H groups in total. The number of methoxy groups -OCH3 is 1. The fraction of sp³-hybridized carbons (Fsp3) is 0.190. The van der Waals surface area contributed by atoms with E-state index in [9.17, 15) is 4.79 Å². The summed E-state index contributed by atoms with van der Waals surface area (Å²) in [7, 11) is 1.60. The number of hydrogen-bond donors (Lipinski definition) is 1. The van der Waals surface area contributed by atoms with Gasteiger partial charge in [-0.05, 0) is 40.6 Å². The number of fused-ring (bicyclic) bond motifs is 1. The van der Waals surface area contributed by atoms with Crippen molar-refractivity contribution >= 4 is 17.5 Å². The van der Waals surface area contributed by atoms with Crippen molar-refractivity contribution in [2.75, 3.05) is 12.9 Å². The van der Waals surface area contributed by atoms with Gasteiger partial charge in [0.15, 0.2) is 11.5 Å². The van der Waals surface area contributed by atoms with Gasteiger partial charge in [-0.2, -0.15) is 9.78 Å². The maximum atomic E-state index is 12.5. The topological polar surface area (TPSA) is 111 Å². The molecule has 0 amide bonds. The van der Waals surface area contributed by atoms with Crippen molar-refractivity contribution < 1.29 is 18.7 Å². The molecule has 1 aliphatic rings. The molecule has 0 spiro atoms. The highest BCUT2D eigenvalue weighted by Crippen LogP contribution is 2.24. The molecule has 11 heteroatoms. The number of nitrogens with zero attached hydrogens (tertiary/aromatic N) is 5. The molecule has 5 rings (SSSR count). The van der Waals surface area contributed by atoms with E-state index in [1.54, 1.807) is 28.6 Å². The SMILES string of the molecule is COc1ccc(-[n+]2[nH]oc(=O)c2C2=Nn3c(COc4ccccc4C)nnc3SC2)cc1. The molecule has 0 saturated heterocycles. The van der Waals surface area contributed by atoms with E-state index in [4.69, 9.17) is 14.0 Å². The Balaban J connectivity index is 1.47. The van der Waals surface area contributed by atoms with Crippen molar-refractivity contribution in [2.24, 2.45) is 5.10 Å². The minimum atomic E-state index is -0.519. The minimum Gasteiger partial charge on any atom is -0.497 e. The monoisotopic (exact) mass is 451 g/mol. The summed E-state index contributed by atoms with van der Waals surface area (Å²) in [5, 5.41) is 16.3. The first-order valence-corrected chi connectivity index (χ1v) is 10.7. The highest BCUT2D eigenvalue weighted by Gasteiger charge is 2.32. The molecule has 1 aliphatic heterocycles. The number of aromatic nitrogens is 5. The zero-order valence-electron chi connectivity index (χ0n) is 17.3. The van der Waals surface area contributed by atoms with Gasteiger partial charge in [0.1, 0.15) is 18.1 Å². The molecule has 0 radical (unpaired) electrons. The summed E-state index contributed by atoms with van der Waals surface area (Å²) < 4.78 is 19.3. The first-order valence-electron chi connectivity index (χ1n) is 9.76. The van der Waals surface area contributed by atoms with Crippen molar-refractivity contribution in [3.05, 3.63) is 76.0 Å². The third-order valence-corrected chi connectivity index (χ3v) is 5.87. The molecule has 0 fully saturated rings. The van der Waals surface area contributed by atoms with Crippen molar-refractivity contribution in [3.63, 3.8) is 0 Å². The number of benzene rings is 2. The highest BCUT2D eigenvalue weighted by atomic mass is 32.2. The smallest absolute Gasteiger partial charge is 0.437 e. The van der Waals surface area contributed by atoms with E-state index in [0.717, 1.165) is 11.3 Å². The largest absolute Gasteiger partial charge is 0.497 e. The molecule has 0 bridgehead atoms. The van der Waals surface area contributed by atoms with Gasteiger partial charge in [0.25, 0.3) is 0 Å². The Hall–Kier alpha value is -3.86. The van der Waals surface area contributed by atoms with Gasteiger partial charge in [-0.1, -0.05) is 30.0 Å². The van der Waals surface area contributed by atoms with Gasteiger partial charge < -0.3 is 9.47 Å². The zero-order valence-corrected chi connectivity index (χ0v) is 18.1. The summed E-state index contributed by atoms with van der Waals surface area (Å²) in [5.41, 5.74) is 2.04. The molecular weight excluding hydrogens is 432 g/mol. The summed E-state index contributed by atoms with van der Waals surface area (Å²) >= 11 is 1.43. The quantitative estimate of drug-likeness (QED) is 0.447. The van der Waals surface area contributed by atoms with Crippen LogP contribution in [0.1, 0.15) is 17.1 Å². The molecule has 162 valence electrons. The Bertz CT molecular complexity index is 1360. The first kappa shape index (κ1) is 20.1. The van der Waals surface area contributed by atoms with E-state index in [-0.39, 0.29) is 6.61 Å². The van der Waals surface area contributed by atoms with E-state index in [1.165, 1.54) is 11.8 Å². The Labute approximate surface area is 186 Å². The first-order chi connectivity index (χ1) is 15.6. The maximum Gasteiger partial charge on any atom is 0.437 e. The number of aromatic amines is 1. The van der Waals surface area contributed by atoms with Crippen LogP contribution in [0.25, 0.3) is 5.69 Å². The number of hydrogen-bond acceptors (Lipinski definition) is 8. The number of thioether (sulfide) groups is 1. The van der Waals surface area contributed by atoms with E-state index in [1.807, 2.05) is 43.3 Å². The van der Waals surface area contributed by atoms with Crippen LogP contribution in [-0.4, -0.2) is 38.7 Å². The second-order valence-corrected chi connectivity index (χ2v) is 7.91. The lowest BCUT2D eigenvalue weighted by Gasteiger charge is -2.12. The lowest BCUT2D eigenvalue weighted by molar-refractivity contribution is -0.671. The number of aryl methyl sites for hydroxylation is 1. The Kier molecular flexibility index (Phi) is 5.23. The van der Waals surface area contributed by atoms with Crippen molar-refractivity contribution in [1.29, 1.82) is 0 Å². The molecule has 0 atom stereocenters. The number of rotatable bonds is 6. The Morgan fingerprint density at radius 1 is 1.19 bits per heavy atom. The molecule has 2 aromatic heterocycles. The molecule has 2 aromatic carbocycles. The van der Waals surface area contributed by atoms with E-state index >= 15 is 0 Å². The molecular formula is C21H19N6O4S+. The number of ether oxygens (including phenoxy) is 2. The van der Waals surface area contributed by atoms with Gasteiger partial charge in [0, 0.05) is 12.1 Å². The van der Waals surface area contributed by atoms with Gasteiger partial charge in [0.05, 0.1) is 12.9 Å². The standard InChI is InChI=1S/C21H18N6O4S/c1-13-5-3-4-6-17(13)30-11-18-22-23-21-27(18)24-16(12-32-21)19-20(28)31-25-26(19)14-7-9-15(29-2)10-8-14/h3-10H,11-12H2,1-2H3/p+1. The Morgan fingerprint density at radius 3 is 2.78 bits per heavy atom. The Morgan fingerprint density at radius 2 is 2.00 bits per heavy atom. The van der Waals surface area contributed by atoms with Crippen LogP contribution in [0.5, 0.6) is 11.5 Å². The fourth-order valence-electron chi connectivity index (χ4n) is 3.27. The molecule has 0 aliphatic carbocycles. The van der Waals surface area contributed by atoms with Crippen molar-refractivity contribution in [3.8, 4) is 17.2 Å². The number of nitrogens with one attached hydrogen (secondary N) is 1. The normalized spacial score (nSPS) is 12.9. The van der Waals surface area contributed by atoms with Gasteiger partial charge in [-0.25, -0.2) is 4.79 Å². The summed E-state index contributed by atoms with van der Waals surface area (Å²) in [6, 6.07) is 15.0. The van der Waals surface area contributed by atoms with Crippen LogP contribution < -0.4 is 19.8 Å². The number of para-hydroxylation sites is 1. The van der Waals surface area contributed by atoms with Crippen LogP contribution in [0, 0.1) is 6.92 Å². The van der Waals surface area contributed by atoms with Gasteiger partial charge in [-0.3, -0.25) is 4.52 Å². The molecule has 10 nitrogen and oxygen atoms in total. The van der Waals surface area contributed by atoms with E-state index < -0.39 is 5.63 Å². The molecule has 0 saturated carbocycles. The van der Waals surface area contributed by atoms with Crippen molar-refractivity contribution in [1.82, 2.24) is 20.1 Å². The second-order valence-electron chi connectivity index (χ2n) is 6.96. The lowest BCUT2D eigenvalue weighted by atomic mass is 10.2. The summed E-state index contributed by atoms with van der Waals surface area (Å²) in [6.07, 6.45) is 0. The van der Waals surface area contributed by atoms with Crippen LogP contribution in [0.4, 0.5) is 0 Å². The second kappa shape index (κ2) is 8.35. The van der Waals surface area contributed by atoms with Gasteiger partial charge in [-0.15, -0.1) is 10.2 Å². The predicted molar refractivity (Wildman–Crippen MR) is 116 cm³/mol. The van der Waals surface area contributed by atoms with Gasteiger partial charge in [0.2, 0.25) is 10.8 Å². The summed E-state index contributed by atoms with van der Waals surface area (Å²) in [4.78, 5) is 12.5. The highest BCUT2D eigenvalue weighted by molar-refractivity contribution is 7.99. The molecule has 3 heterocycles. The lowest BCUT2D eigenvalue weighted by Crippen LogP contribution is -2.42. The molecule has 4 aromatic rings. The third-order valence-electron chi connectivity index (χ3n) is 4.94. The fourth-order valence-corrected chi connectivity index (χ4v) is 4.09. The van der Waals surface area contributed by atoms with E-state index in [2.05, 4.69) is 20.6 Å². The number of H-pyrrole nitrogens is 1. The third kappa shape index (κ3) is 3.66. The van der Waals surface area contributed by atoms with Crippen LogP contribution >= 0.6 is 11.8 Å². The molecule has 32 heavy (non-hydrogen) atoms. The van der Waals surface area contributed by atoms with Gasteiger partial charge >= 0.3 is 11.3 Å². The average molecular weight is 451 g/mol. The zero-order chi connectivity index (χ0) is 22.1. The molecule has 0 unspecified atom stereocenters. The minimum absolute atomic E-state index is 0.190. The average Bonchev–Trinajstić information content (AvgIpc) is 3.41.